The van der Waals surface area contributed by atoms with Gasteiger partial charge >= 0.3 is 0 Å². The van der Waals surface area contributed by atoms with Crippen molar-refractivity contribution >= 4 is 0 Å². The van der Waals surface area contributed by atoms with Crippen LogP contribution in [0.25, 0.3) is 0 Å². The number of hydrogen-bond donors (Lipinski definition) is 2. The summed E-state index contributed by atoms with van der Waals surface area (Å²) >= 11 is 0. The van der Waals surface area contributed by atoms with Crippen molar-refractivity contribution in [2.24, 2.45) is 0 Å². The van der Waals surface area contributed by atoms with Crippen LogP contribution in [0.4, 0.5) is 0 Å². The van der Waals surface area contributed by atoms with Crippen molar-refractivity contribution in [2.45, 2.75) is 25.9 Å². The molecule has 0 aromatic heterocycles. The Morgan fingerprint density at radius 2 is 1.89 bits per heavy atom. The third-order valence-corrected chi connectivity index (χ3v) is 3.00. The van der Waals surface area contributed by atoms with Crippen molar-refractivity contribution in [3.05, 3.63) is 23.8 Å². The molecule has 2 rings (SSSR count). The molecule has 0 saturated carbocycles. The van der Waals surface area contributed by atoms with Crippen LogP contribution < -0.4 is 20.1 Å². The lowest BCUT2D eigenvalue weighted by atomic mass is 10.0. The average Bonchev–Trinajstić information content (AvgIpc) is 2.36. The van der Waals surface area contributed by atoms with Gasteiger partial charge < -0.3 is 20.1 Å². The molecule has 0 unspecified atom stereocenters. The zero-order chi connectivity index (χ0) is 13.0. The number of hydrogen-bond acceptors (Lipinski definition) is 4. The van der Waals surface area contributed by atoms with E-state index in [1.807, 2.05) is 13.1 Å². The molecule has 1 aromatic rings. The second-order valence-electron chi connectivity index (χ2n) is 5.25. The highest BCUT2D eigenvalue weighted by atomic mass is 16.6. The largest absolute Gasteiger partial charge is 0.486 e. The standard InChI is InChI=1S/C14H22N2O2/c1-14(2,10-15-3)16-9-11-4-5-12-13(8-11)18-7-6-17-12/h4-5,8,15-16H,6-7,9-10H2,1-3H3. The molecular formula is C14H22N2O2. The first kappa shape index (κ1) is 13.2. The molecule has 2 N–H and O–H groups in total. The average molecular weight is 250 g/mol. The molecule has 0 fully saturated rings. The van der Waals surface area contributed by atoms with E-state index >= 15 is 0 Å². The van der Waals surface area contributed by atoms with Crippen molar-refractivity contribution in [2.75, 3.05) is 26.8 Å². The number of rotatable bonds is 5. The summed E-state index contributed by atoms with van der Waals surface area (Å²) in [4.78, 5) is 0. The Morgan fingerprint density at radius 1 is 1.17 bits per heavy atom. The fourth-order valence-electron chi connectivity index (χ4n) is 2.04. The number of benzene rings is 1. The van der Waals surface area contributed by atoms with E-state index in [0.717, 1.165) is 24.6 Å². The molecule has 0 bridgehead atoms. The zero-order valence-electron chi connectivity index (χ0n) is 11.4. The predicted molar refractivity (Wildman–Crippen MR) is 72.3 cm³/mol. The minimum atomic E-state index is 0.0714. The zero-order valence-corrected chi connectivity index (χ0v) is 11.4. The lowest BCUT2D eigenvalue weighted by molar-refractivity contribution is 0.171. The second kappa shape index (κ2) is 5.59. The molecule has 100 valence electrons. The summed E-state index contributed by atoms with van der Waals surface area (Å²) in [7, 11) is 1.97. The first-order valence-corrected chi connectivity index (χ1v) is 6.39. The van der Waals surface area contributed by atoms with Gasteiger partial charge in [-0.1, -0.05) is 6.07 Å². The smallest absolute Gasteiger partial charge is 0.161 e. The summed E-state index contributed by atoms with van der Waals surface area (Å²) in [5, 5.41) is 6.71. The van der Waals surface area contributed by atoms with Crippen LogP contribution >= 0.6 is 0 Å². The van der Waals surface area contributed by atoms with Gasteiger partial charge in [0.05, 0.1) is 0 Å². The van der Waals surface area contributed by atoms with E-state index in [2.05, 4.69) is 36.6 Å². The molecule has 1 aliphatic heterocycles. The normalized spacial score (nSPS) is 14.6. The summed E-state index contributed by atoms with van der Waals surface area (Å²) in [6, 6.07) is 6.11. The van der Waals surface area contributed by atoms with Crippen molar-refractivity contribution in [1.82, 2.24) is 10.6 Å². The maximum atomic E-state index is 5.58. The van der Waals surface area contributed by atoms with Crippen LogP contribution in [0.1, 0.15) is 19.4 Å². The van der Waals surface area contributed by atoms with Crippen molar-refractivity contribution in [1.29, 1.82) is 0 Å². The Balaban J connectivity index is 1.98. The van der Waals surface area contributed by atoms with E-state index in [1.165, 1.54) is 5.56 Å². The van der Waals surface area contributed by atoms with Crippen LogP contribution in [0.5, 0.6) is 11.5 Å². The van der Waals surface area contributed by atoms with Crippen molar-refractivity contribution in [3.8, 4) is 11.5 Å². The summed E-state index contributed by atoms with van der Waals surface area (Å²) in [5.41, 5.74) is 1.28. The van der Waals surface area contributed by atoms with Crippen molar-refractivity contribution in [3.63, 3.8) is 0 Å². The predicted octanol–water partition coefficient (Wildman–Crippen LogP) is 1.55. The molecule has 0 spiro atoms. The lowest BCUT2D eigenvalue weighted by Crippen LogP contribution is -2.46. The quantitative estimate of drug-likeness (QED) is 0.832. The first-order valence-electron chi connectivity index (χ1n) is 6.39. The number of likely N-dealkylation sites (N-methyl/N-ethyl adjacent to an activating group) is 1. The molecule has 0 aliphatic carbocycles. The van der Waals surface area contributed by atoms with Crippen LogP contribution in [0.3, 0.4) is 0 Å². The Morgan fingerprint density at radius 3 is 2.61 bits per heavy atom. The van der Waals surface area contributed by atoms with Gasteiger partial charge in [0, 0.05) is 18.6 Å². The van der Waals surface area contributed by atoms with Gasteiger partial charge in [-0.15, -0.1) is 0 Å². The molecule has 4 nitrogen and oxygen atoms in total. The monoisotopic (exact) mass is 250 g/mol. The van der Waals surface area contributed by atoms with Gasteiger partial charge in [-0.25, -0.2) is 0 Å². The van der Waals surface area contributed by atoms with Gasteiger partial charge in [0.15, 0.2) is 11.5 Å². The lowest BCUT2D eigenvalue weighted by Gasteiger charge is -2.26. The molecule has 0 saturated heterocycles. The molecule has 1 aromatic carbocycles. The van der Waals surface area contributed by atoms with Gasteiger partial charge in [-0.2, -0.15) is 0 Å². The number of nitrogens with one attached hydrogen (secondary N) is 2. The van der Waals surface area contributed by atoms with Gasteiger partial charge in [-0.3, -0.25) is 0 Å². The van der Waals surface area contributed by atoms with Gasteiger partial charge in [-0.05, 0) is 38.6 Å². The van der Waals surface area contributed by atoms with Crippen LogP contribution in [-0.4, -0.2) is 32.3 Å². The molecule has 0 radical (unpaired) electrons. The maximum absolute atomic E-state index is 5.58. The van der Waals surface area contributed by atoms with Gasteiger partial charge in [0.2, 0.25) is 0 Å². The van der Waals surface area contributed by atoms with E-state index in [4.69, 9.17) is 9.47 Å². The SMILES string of the molecule is CNCC(C)(C)NCc1ccc2c(c1)OCCO2. The number of ether oxygens (including phenoxy) is 2. The Kier molecular flexibility index (Phi) is 4.09. The van der Waals surface area contributed by atoms with Crippen LogP contribution in [0, 0.1) is 0 Å². The molecular weight excluding hydrogens is 228 g/mol. The third kappa shape index (κ3) is 3.37. The molecule has 0 amide bonds. The van der Waals surface area contributed by atoms with E-state index < -0.39 is 0 Å². The van der Waals surface area contributed by atoms with Crippen LogP contribution in [-0.2, 0) is 6.54 Å². The molecule has 18 heavy (non-hydrogen) atoms. The minimum absolute atomic E-state index is 0.0714. The maximum Gasteiger partial charge on any atom is 0.161 e. The Hall–Kier alpha value is -1.26. The Labute approximate surface area is 109 Å². The topological polar surface area (TPSA) is 42.5 Å². The summed E-state index contributed by atoms with van der Waals surface area (Å²) in [5.74, 6) is 1.70. The molecule has 0 atom stereocenters. The van der Waals surface area contributed by atoms with E-state index in [9.17, 15) is 0 Å². The summed E-state index contributed by atoms with van der Waals surface area (Å²) in [6.45, 7) is 7.39. The highest BCUT2D eigenvalue weighted by Gasteiger charge is 2.16. The summed E-state index contributed by atoms with van der Waals surface area (Å²) in [6.07, 6.45) is 0. The number of fused-ring (bicyclic) bond motifs is 1. The second-order valence-corrected chi connectivity index (χ2v) is 5.25. The summed E-state index contributed by atoms with van der Waals surface area (Å²) < 4.78 is 11.1. The van der Waals surface area contributed by atoms with E-state index in [1.54, 1.807) is 0 Å². The minimum Gasteiger partial charge on any atom is -0.486 e. The third-order valence-electron chi connectivity index (χ3n) is 3.00. The highest BCUT2D eigenvalue weighted by Crippen LogP contribution is 2.30. The van der Waals surface area contributed by atoms with E-state index in [-0.39, 0.29) is 5.54 Å². The molecule has 1 heterocycles. The molecule has 4 heteroatoms. The van der Waals surface area contributed by atoms with E-state index in [0.29, 0.717) is 13.2 Å². The Bertz CT molecular complexity index is 405. The highest BCUT2D eigenvalue weighted by molar-refractivity contribution is 5.43. The van der Waals surface area contributed by atoms with Gasteiger partial charge in [0.1, 0.15) is 13.2 Å². The van der Waals surface area contributed by atoms with Crippen LogP contribution in [0.15, 0.2) is 18.2 Å². The van der Waals surface area contributed by atoms with Crippen LogP contribution in [0.2, 0.25) is 0 Å². The van der Waals surface area contributed by atoms with Crippen molar-refractivity contribution < 1.29 is 9.47 Å². The first-order chi connectivity index (χ1) is 8.61. The fraction of sp³-hybridized carbons (Fsp3) is 0.571. The molecule has 1 aliphatic rings. The van der Waals surface area contributed by atoms with Gasteiger partial charge in [0.25, 0.3) is 0 Å². The fourth-order valence-corrected chi connectivity index (χ4v) is 2.04.